The Morgan fingerprint density at radius 1 is 1.37 bits per heavy atom. The summed E-state index contributed by atoms with van der Waals surface area (Å²) in [6.45, 7) is 3.48. The summed E-state index contributed by atoms with van der Waals surface area (Å²) in [5.74, 6) is 0. The van der Waals surface area contributed by atoms with Crippen molar-refractivity contribution in [2.45, 2.75) is 43.9 Å². The number of sulfonamides is 1. The summed E-state index contributed by atoms with van der Waals surface area (Å²) in [4.78, 5) is -0.0666. The molecule has 0 bridgehead atoms. The second-order valence-electron chi connectivity index (χ2n) is 4.41. The highest BCUT2D eigenvalue weighted by Crippen LogP contribution is 2.25. The van der Waals surface area contributed by atoms with E-state index in [1.807, 2.05) is 6.92 Å². The zero-order valence-corrected chi connectivity index (χ0v) is 12.0. The molecule has 0 aliphatic heterocycles. The summed E-state index contributed by atoms with van der Waals surface area (Å²) in [7, 11) is -3.72. The minimum absolute atomic E-state index is 0.0666. The van der Waals surface area contributed by atoms with E-state index in [1.54, 1.807) is 12.1 Å². The van der Waals surface area contributed by atoms with E-state index in [1.165, 1.54) is 19.1 Å². The number of aliphatic hydroxyl groups is 1. The van der Waals surface area contributed by atoms with Crippen LogP contribution in [0, 0.1) is 0 Å². The molecule has 108 valence electrons. The molecule has 6 heteroatoms. The Hall–Kier alpha value is -0.980. The largest absolute Gasteiger partial charge is 0.385 e. The molecule has 0 aromatic heterocycles. The molecule has 1 rings (SSSR count). The van der Waals surface area contributed by atoms with Gasteiger partial charge in [-0.2, -0.15) is 0 Å². The third-order valence-electron chi connectivity index (χ3n) is 2.78. The molecule has 0 radical (unpaired) electrons. The molecule has 4 nitrogen and oxygen atoms in total. The van der Waals surface area contributed by atoms with Crippen molar-refractivity contribution in [3.8, 4) is 0 Å². The molecule has 0 amide bonds. The lowest BCUT2D eigenvalue weighted by Gasteiger charge is -2.17. The lowest BCUT2D eigenvalue weighted by molar-refractivity contribution is 0.0859. The Bertz CT molecular complexity index is 502. The number of alkyl halides is 1. The minimum Gasteiger partial charge on any atom is -0.385 e. The quantitative estimate of drug-likeness (QED) is 0.756. The first-order chi connectivity index (χ1) is 8.90. The van der Waals surface area contributed by atoms with Gasteiger partial charge in [-0.1, -0.05) is 31.5 Å². The summed E-state index contributed by atoms with van der Waals surface area (Å²) in [6, 6.07) is 5.92. The van der Waals surface area contributed by atoms with Gasteiger partial charge in [0, 0.05) is 12.1 Å². The van der Waals surface area contributed by atoms with E-state index in [2.05, 4.69) is 4.72 Å². The second kappa shape index (κ2) is 6.98. The van der Waals surface area contributed by atoms with Gasteiger partial charge in [0.05, 0.1) is 4.90 Å². The van der Waals surface area contributed by atoms with E-state index in [-0.39, 0.29) is 10.5 Å². The monoisotopic (exact) mass is 289 g/mol. The maximum atomic E-state index is 13.2. The van der Waals surface area contributed by atoms with Crippen molar-refractivity contribution in [2.75, 3.05) is 6.54 Å². The van der Waals surface area contributed by atoms with Crippen molar-refractivity contribution >= 4 is 10.0 Å². The van der Waals surface area contributed by atoms with Crippen LogP contribution in [0.3, 0.4) is 0 Å². The third kappa shape index (κ3) is 4.26. The minimum atomic E-state index is -3.72. The van der Waals surface area contributed by atoms with E-state index >= 15 is 0 Å². The predicted octanol–water partition coefficient (Wildman–Crippen LogP) is 2.16. The molecule has 0 fully saturated rings. The summed E-state index contributed by atoms with van der Waals surface area (Å²) in [5, 5.41) is 9.75. The summed E-state index contributed by atoms with van der Waals surface area (Å²) in [5.41, 5.74) is 0.0847. The van der Waals surface area contributed by atoms with Crippen LogP contribution in [0.4, 0.5) is 4.39 Å². The van der Waals surface area contributed by atoms with Gasteiger partial charge in [-0.15, -0.1) is 0 Å². The van der Waals surface area contributed by atoms with Gasteiger partial charge in [-0.25, -0.2) is 17.5 Å². The Morgan fingerprint density at radius 2 is 2.00 bits per heavy atom. The van der Waals surface area contributed by atoms with Crippen LogP contribution in [0.5, 0.6) is 0 Å². The summed E-state index contributed by atoms with van der Waals surface area (Å²) in [6.07, 6.45) is -1.39. The van der Waals surface area contributed by atoms with E-state index < -0.39 is 22.3 Å². The Morgan fingerprint density at radius 3 is 2.58 bits per heavy atom. The molecular formula is C13H20FNO3S. The molecule has 0 saturated heterocycles. The van der Waals surface area contributed by atoms with Crippen molar-refractivity contribution in [1.29, 1.82) is 0 Å². The molecule has 2 atom stereocenters. The Labute approximate surface area is 113 Å². The van der Waals surface area contributed by atoms with E-state index in [9.17, 15) is 17.9 Å². The number of halogens is 1. The van der Waals surface area contributed by atoms with Crippen molar-refractivity contribution < 1.29 is 17.9 Å². The van der Waals surface area contributed by atoms with Crippen LogP contribution in [0.1, 0.15) is 38.4 Å². The van der Waals surface area contributed by atoms with Crippen LogP contribution in [-0.2, 0) is 10.0 Å². The van der Waals surface area contributed by atoms with Crippen LogP contribution in [-0.4, -0.2) is 26.2 Å². The van der Waals surface area contributed by atoms with E-state index in [0.717, 1.165) is 12.8 Å². The number of hydrogen-bond donors (Lipinski definition) is 2. The molecular weight excluding hydrogens is 269 g/mol. The Kier molecular flexibility index (Phi) is 5.90. The smallest absolute Gasteiger partial charge is 0.240 e. The molecule has 0 aliphatic carbocycles. The number of unbranched alkanes of at least 4 members (excludes halogenated alkanes) is 1. The molecule has 1 aromatic carbocycles. The summed E-state index contributed by atoms with van der Waals surface area (Å²) < 4.78 is 39.9. The molecule has 2 N–H and O–H groups in total. The number of aliphatic hydroxyl groups excluding tert-OH is 1. The number of rotatable bonds is 7. The van der Waals surface area contributed by atoms with Crippen LogP contribution in [0.25, 0.3) is 0 Å². The SMILES string of the molecule is CCCCNS(=O)(=O)c1ccccc1C(O)C(C)F. The maximum Gasteiger partial charge on any atom is 0.240 e. The number of benzene rings is 1. The topological polar surface area (TPSA) is 66.4 Å². The third-order valence-corrected chi connectivity index (χ3v) is 4.32. The fourth-order valence-electron chi connectivity index (χ4n) is 1.68. The van der Waals surface area contributed by atoms with E-state index in [4.69, 9.17) is 0 Å². The van der Waals surface area contributed by atoms with Gasteiger partial charge >= 0.3 is 0 Å². The van der Waals surface area contributed by atoms with Crippen molar-refractivity contribution in [1.82, 2.24) is 4.72 Å². The highest BCUT2D eigenvalue weighted by Gasteiger charge is 2.24. The molecule has 1 aromatic rings. The van der Waals surface area contributed by atoms with Gasteiger partial charge in [-0.3, -0.25) is 0 Å². The highest BCUT2D eigenvalue weighted by atomic mass is 32.2. The maximum absolute atomic E-state index is 13.2. The zero-order valence-electron chi connectivity index (χ0n) is 11.1. The molecule has 0 saturated carbocycles. The van der Waals surface area contributed by atoms with Gasteiger partial charge in [0.25, 0.3) is 0 Å². The van der Waals surface area contributed by atoms with Crippen molar-refractivity contribution in [3.63, 3.8) is 0 Å². The average molecular weight is 289 g/mol. The van der Waals surface area contributed by atoms with Crippen LogP contribution >= 0.6 is 0 Å². The molecule has 2 unspecified atom stereocenters. The van der Waals surface area contributed by atoms with Gasteiger partial charge in [0.1, 0.15) is 12.3 Å². The van der Waals surface area contributed by atoms with Crippen LogP contribution in [0.15, 0.2) is 29.2 Å². The predicted molar refractivity (Wildman–Crippen MR) is 72.1 cm³/mol. The highest BCUT2D eigenvalue weighted by molar-refractivity contribution is 7.89. The first-order valence-corrected chi connectivity index (χ1v) is 7.79. The number of hydrogen-bond acceptors (Lipinski definition) is 3. The normalized spacial score (nSPS) is 15.2. The molecule has 0 spiro atoms. The first kappa shape index (κ1) is 16.1. The van der Waals surface area contributed by atoms with Gasteiger partial charge in [0.2, 0.25) is 10.0 Å². The van der Waals surface area contributed by atoms with Crippen molar-refractivity contribution in [2.24, 2.45) is 0 Å². The standard InChI is InChI=1S/C13H20FNO3S/c1-3-4-9-15-19(17,18)12-8-6-5-7-11(12)13(16)10(2)14/h5-8,10,13,15-16H,3-4,9H2,1-2H3. The zero-order chi connectivity index (χ0) is 14.5. The lowest BCUT2D eigenvalue weighted by atomic mass is 10.1. The molecule has 0 heterocycles. The average Bonchev–Trinajstić information content (AvgIpc) is 2.38. The number of nitrogens with one attached hydrogen (secondary N) is 1. The van der Waals surface area contributed by atoms with Crippen LogP contribution < -0.4 is 4.72 Å². The molecule has 19 heavy (non-hydrogen) atoms. The van der Waals surface area contributed by atoms with Gasteiger partial charge in [-0.05, 0) is 19.4 Å². The molecule has 0 aliphatic rings. The fourth-order valence-corrected chi connectivity index (χ4v) is 3.00. The lowest BCUT2D eigenvalue weighted by Crippen LogP contribution is -2.27. The van der Waals surface area contributed by atoms with Crippen LogP contribution in [0.2, 0.25) is 0 Å². The van der Waals surface area contributed by atoms with Gasteiger partial charge in [0.15, 0.2) is 0 Å². The van der Waals surface area contributed by atoms with E-state index in [0.29, 0.717) is 6.54 Å². The fraction of sp³-hybridized carbons (Fsp3) is 0.538. The van der Waals surface area contributed by atoms with Gasteiger partial charge < -0.3 is 5.11 Å². The summed E-state index contributed by atoms with van der Waals surface area (Å²) >= 11 is 0. The first-order valence-electron chi connectivity index (χ1n) is 6.31. The second-order valence-corrected chi connectivity index (χ2v) is 6.15. The Balaban J connectivity index is 3.06. The van der Waals surface area contributed by atoms with Crippen molar-refractivity contribution in [3.05, 3.63) is 29.8 Å².